The molecule has 1 saturated heterocycles. The summed E-state index contributed by atoms with van der Waals surface area (Å²) in [5.74, 6) is -0.0348. The Bertz CT molecular complexity index is 503. The first-order valence-electron chi connectivity index (χ1n) is 7.28. The van der Waals surface area contributed by atoms with Crippen LogP contribution < -0.4 is 10.2 Å². The van der Waals surface area contributed by atoms with E-state index in [4.69, 9.17) is 10.2 Å². The summed E-state index contributed by atoms with van der Waals surface area (Å²) < 4.78 is 0. The molecule has 0 bridgehead atoms. The summed E-state index contributed by atoms with van der Waals surface area (Å²) in [6, 6.07) is 8.65. The molecule has 22 heavy (non-hydrogen) atoms. The fourth-order valence-electron chi connectivity index (χ4n) is 2.48. The van der Waals surface area contributed by atoms with Crippen LogP contribution in [-0.2, 0) is 4.79 Å². The Morgan fingerprint density at radius 1 is 1.23 bits per heavy atom. The van der Waals surface area contributed by atoms with E-state index in [-0.39, 0.29) is 50.7 Å². The molecule has 1 heterocycles. The summed E-state index contributed by atoms with van der Waals surface area (Å²) in [5, 5.41) is 20.7. The molecule has 1 aromatic carbocycles. The van der Waals surface area contributed by atoms with Gasteiger partial charge in [-0.2, -0.15) is 0 Å². The van der Waals surface area contributed by atoms with Crippen LogP contribution in [0.5, 0.6) is 0 Å². The van der Waals surface area contributed by atoms with Gasteiger partial charge in [-0.1, -0.05) is 18.2 Å². The number of carbonyl (C=O) groups is 2. The van der Waals surface area contributed by atoms with Gasteiger partial charge in [0.25, 0.3) is 0 Å². The van der Waals surface area contributed by atoms with Crippen LogP contribution in [0.1, 0.15) is 6.42 Å². The molecule has 7 heteroatoms. The second-order valence-electron chi connectivity index (χ2n) is 5.12. The minimum atomic E-state index is -0.379. The zero-order valence-electron chi connectivity index (χ0n) is 12.3. The van der Waals surface area contributed by atoms with Crippen molar-refractivity contribution in [3.63, 3.8) is 0 Å². The highest BCUT2D eigenvalue weighted by Gasteiger charge is 2.32. The number of rotatable bonds is 6. The molecule has 2 rings (SSSR count). The predicted octanol–water partition coefficient (Wildman–Crippen LogP) is -0.212. The van der Waals surface area contributed by atoms with Crippen molar-refractivity contribution in [2.45, 2.75) is 12.5 Å². The lowest BCUT2D eigenvalue weighted by Crippen LogP contribution is -2.47. The van der Waals surface area contributed by atoms with E-state index in [1.54, 1.807) is 4.90 Å². The summed E-state index contributed by atoms with van der Waals surface area (Å²) in [6.45, 7) is 0.367. The first-order valence-corrected chi connectivity index (χ1v) is 7.28. The molecule has 0 unspecified atom stereocenters. The lowest BCUT2D eigenvalue weighted by Gasteiger charge is -2.23. The van der Waals surface area contributed by atoms with Crippen molar-refractivity contribution in [3.8, 4) is 0 Å². The molecule has 3 amide bonds. The molecule has 7 nitrogen and oxygen atoms in total. The van der Waals surface area contributed by atoms with Crippen molar-refractivity contribution >= 4 is 17.6 Å². The minimum absolute atomic E-state index is 0.0348. The zero-order chi connectivity index (χ0) is 15.9. The van der Waals surface area contributed by atoms with Gasteiger partial charge in [-0.3, -0.25) is 4.79 Å². The zero-order valence-corrected chi connectivity index (χ0v) is 12.3. The van der Waals surface area contributed by atoms with Crippen LogP contribution in [0.15, 0.2) is 30.3 Å². The van der Waals surface area contributed by atoms with Gasteiger partial charge < -0.3 is 25.3 Å². The number of amides is 3. The van der Waals surface area contributed by atoms with Crippen LogP contribution in [-0.4, -0.2) is 65.9 Å². The molecule has 1 aliphatic rings. The maximum atomic E-state index is 12.1. The third kappa shape index (κ3) is 3.96. The Hall–Kier alpha value is -2.12. The van der Waals surface area contributed by atoms with Crippen molar-refractivity contribution in [2.24, 2.45) is 0 Å². The van der Waals surface area contributed by atoms with E-state index in [0.717, 1.165) is 5.69 Å². The van der Waals surface area contributed by atoms with Crippen LogP contribution >= 0.6 is 0 Å². The summed E-state index contributed by atoms with van der Waals surface area (Å²) in [4.78, 5) is 27.1. The van der Waals surface area contributed by atoms with Gasteiger partial charge in [-0.15, -0.1) is 0 Å². The number of aliphatic hydroxyl groups excluding tert-OH is 2. The molecule has 1 atom stereocenters. The third-order valence-electron chi connectivity index (χ3n) is 3.55. The Kier molecular flexibility index (Phi) is 5.74. The molecular formula is C15H21N3O4. The van der Waals surface area contributed by atoms with E-state index in [1.807, 2.05) is 30.3 Å². The topological polar surface area (TPSA) is 93.1 Å². The van der Waals surface area contributed by atoms with E-state index in [1.165, 1.54) is 4.90 Å². The number of para-hydroxylation sites is 1. The van der Waals surface area contributed by atoms with Crippen molar-refractivity contribution in [1.29, 1.82) is 0 Å². The molecule has 0 aliphatic carbocycles. The van der Waals surface area contributed by atoms with Gasteiger partial charge in [0.1, 0.15) is 0 Å². The lowest BCUT2D eigenvalue weighted by molar-refractivity contribution is -0.117. The van der Waals surface area contributed by atoms with Gasteiger partial charge >= 0.3 is 6.03 Å². The molecule has 1 fully saturated rings. The minimum Gasteiger partial charge on any atom is -0.395 e. The van der Waals surface area contributed by atoms with Crippen LogP contribution in [0, 0.1) is 0 Å². The van der Waals surface area contributed by atoms with Crippen molar-refractivity contribution in [2.75, 3.05) is 37.7 Å². The Morgan fingerprint density at radius 3 is 2.45 bits per heavy atom. The molecule has 1 aromatic rings. The number of anilines is 1. The summed E-state index contributed by atoms with van der Waals surface area (Å²) >= 11 is 0. The molecule has 0 spiro atoms. The number of hydrogen-bond acceptors (Lipinski definition) is 4. The predicted molar refractivity (Wildman–Crippen MR) is 81.5 cm³/mol. The number of benzene rings is 1. The first-order chi connectivity index (χ1) is 10.7. The first kappa shape index (κ1) is 16.3. The number of nitrogens with zero attached hydrogens (tertiary/aromatic N) is 2. The fraction of sp³-hybridized carbons (Fsp3) is 0.467. The fourth-order valence-corrected chi connectivity index (χ4v) is 2.48. The normalized spacial score (nSPS) is 17.6. The monoisotopic (exact) mass is 307 g/mol. The SMILES string of the molecule is O=C(N[C@@H]1CC(=O)N(c2ccccc2)C1)N(CCO)CCO. The van der Waals surface area contributed by atoms with Crippen molar-refractivity contribution < 1.29 is 19.8 Å². The smallest absolute Gasteiger partial charge is 0.317 e. The summed E-state index contributed by atoms with van der Waals surface area (Å²) in [7, 11) is 0. The van der Waals surface area contributed by atoms with Gasteiger partial charge in [-0.05, 0) is 12.1 Å². The molecule has 3 N–H and O–H groups in total. The van der Waals surface area contributed by atoms with Gasteiger partial charge in [-0.25, -0.2) is 4.79 Å². The van der Waals surface area contributed by atoms with E-state index >= 15 is 0 Å². The Balaban J connectivity index is 1.94. The average molecular weight is 307 g/mol. The second-order valence-corrected chi connectivity index (χ2v) is 5.12. The summed E-state index contributed by atoms with van der Waals surface area (Å²) in [5.41, 5.74) is 0.812. The molecule has 0 radical (unpaired) electrons. The standard InChI is InChI=1S/C15H21N3O4/c19-8-6-17(7-9-20)15(22)16-12-10-14(21)18(11-12)13-4-2-1-3-5-13/h1-5,12,19-20H,6-11H2,(H,16,22)/t12-/m1/s1. The lowest BCUT2D eigenvalue weighted by atomic mass is 10.2. The Morgan fingerprint density at radius 2 is 1.86 bits per heavy atom. The number of urea groups is 1. The molecule has 0 aromatic heterocycles. The second kappa shape index (κ2) is 7.77. The van der Waals surface area contributed by atoms with E-state index < -0.39 is 0 Å². The highest BCUT2D eigenvalue weighted by atomic mass is 16.3. The van der Waals surface area contributed by atoms with Gasteiger partial charge in [0, 0.05) is 31.7 Å². The highest BCUT2D eigenvalue weighted by molar-refractivity contribution is 5.96. The molecule has 1 aliphatic heterocycles. The van der Waals surface area contributed by atoms with Gasteiger partial charge in [0.2, 0.25) is 5.91 Å². The van der Waals surface area contributed by atoms with Gasteiger partial charge in [0.15, 0.2) is 0 Å². The molecule has 120 valence electrons. The quantitative estimate of drug-likeness (QED) is 0.678. The maximum absolute atomic E-state index is 12.1. The number of carbonyl (C=O) groups excluding carboxylic acids is 2. The molecule has 0 saturated carbocycles. The van der Waals surface area contributed by atoms with E-state index in [0.29, 0.717) is 6.54 Å². The number of hydrogen-bond donors (Lipinski definition) is 3. The Labute approximate surface area is 129 Å². The third-order valence-corrected chi connectivity index (χ3v) is 3.55. The largest absolute Gasteiger partial charge is 0.395 e. The van der Waals surface area contributed by atoms with E-state index in [9.17, 15) is 9.59 Å². The van der Waals surface area contributed by atoms with Crippen LogP contribution in [0.3, 0.4) is 0 Å². The van der Waals surface area contributed by atoms with E-state index in [2.05, 4.69) is 5.32 Å². The van der Waals surface area contributed by atoms with Crippen molar-refractivity contribution in [1.82, 2.24) is 10.2 Å². The highest BCUT2D eigenvalue weighted by Crippen LogP contribution is 2.21. The van der Waals surface area contributed by atoms with Crippen molar-refractivity contribution in [3.05, 3.63) is 30.3 Å². The summed E-state index contributed by atoms with van der Waals surface area (Å²) in [6.07, 6.45) is 0.243. The average Bonchev–Trinajstić information content (AvgIpc) is 2.88. The van der Waals surface area contributed by atoms with Crippen LogP contribution in [0.4, 0.5) is 10.5 Å². The van der Waals surface area contributed by atoms with Gasteiger partial charge in [0.05, 0.1) is 19.3 Å². The maximum Gasteiger partial charge on any atom is 0.317 e. The molecular weight excluding hydrogens is 286 g/mol. The van der Waals surface area contributed by atoms with Crippen LogP contribution in [0.25, 0.3) is 0 Å². The van der Waals surface area contributed by atoms with Crippen LogP contribution in [0.2, 0.25) is 0 Å². The number of nitrogens with one attached hydrogen (secondary N) is 1. The number of aliphatic hydroxyl groups is 2.